The van der Waals surface area contributed by atoms with E-state index in [4.69, 9.17) is 0 Å². The van der Waals surface area contributed by atoms with Crippen molar-refractivity contribution in [2.45, 2.75) is 57.9 Å². The van der Waals surface area contributed by atoms with Gasteiger partial charge < -0.3 is 5.32 Å². The first-order valence-electron chi connectivity index (χ1n) is 7.95. The molecule has 2 rings (SSSR count). The van der Waals surface area contributed by atoms with E-state index in [0.717, 1.165) is 51.6 Å². The molecule has 5 nitrogen and oxygen atoms in total. The third-order valence-corrected chi connectivity index (χ3v) is 6.28. The monoisotopic (exact) mass is 303 g/mol. The molecule has 2 aliphatic rings. The molecule has 0 bridgehead atoms. The second kappa shape index (κ2) is 6.73. The van der Waals surface area contributed by atoms with Crippen molar-refractivity contribution in [2.24, 2.45) is 5.92 Å². The maximum absolute atomic E-state index is 12.5. The molecular formula is C14H29N3O2S. The fourth-order valence-electron chi connectivity index (χ4n) is 3.08. The smallest absolute Gasteiger partial charge is 0.279 e. The molecule has 1 saturated carbocycles. The van der Waals surface area contributed by atoms with Crippen LogP contribution >= 0.6 is 0 Å². The van der Waals surface area contributed by atoms with Gasteiger partial charge in [0.2, 0.25) is 0 Å². The van der Waals surface area contributed by atoms with Gasteiger partial charge in [0.25, 0.3) is 10.2 Å². The van der Waals surface area contributed by atoms with E-state index in [-0.39, 0.29) is 5.54 Å². The summed E-state index contributed by atoms with van der Waals surface area (Å²) >= 11 is 0. The van der Waals surface area contributed by atoms with Crippen molar-refractivity contribution in [3.63, 3.8) is 0 Å². The van der Waals surface area contributed by atoms with E-state index < -0.39 is 10.2 Å². The zero-order chi connectivity index (χ0) is 14.6. The van der Waals surface area contributed by atoms with E-state index in [1.165, 1.54) is 0 Å². The Morgan fingerprint density at radius 1 is 1.30 bits per heavy atom. The quantitative estimate of drug-likeness (QED) is 0.700. The van der Waals surface area contributed by atoms with E-state index >= 15 is 0 Å². The predicted molar refractivity (Wildman–Crippen MR) is 81.8 cm³/mol. The van der Waals surface area contributed by atoms with Crippen LogP contribution in [-0.2, 0) is 10.2 Å². The van der Waals surface area contributed by atoms with Gasteiger partial charge in [-0.25, -0.2) is 0 Å². The molecule has 6 heteroatoms. The molecule has 1 saturated heterocycles. The highest BCUT2D eigenvalue weighted by atomic mass is 32.2. The highest BCUT2D eigenvalue weighted by Crippen LogP contribution is 2.32. The van der Waals surface area contributed by atoms with Gasteiger partial charge in [0.15, 0.2) is 0 Å². The summed E-state index contributed by atoms with van der Waals surface area (Å²) in [6, 6.07) is 0. The number of piperidine rings is 1. The molecule has 0 aromatic rings. The van der Waals surface area contributed by atoms with Crippen LogP contribution in [0.1, 0.15) is 52.4 Å². The summed E-state index contributed by atoms with van der Waals surface area (Å²) < 4.78 is 29.5. The Labute approximate surface area is 123 Å². The van der Waals surface area contributed by atoms with Gasteiger partial charge >= 0.3 is 0 Å². The normalized spacial score (nSPS) is 27.2. The zero-order valence-corrected chi connectivity index (χ0v) is 13.6. The summed E-state index contributed by atoms with van der Waals surface area (Å²) in [5.41, 5.74) is -0.202. The number of nitrogens with zero attached hydrogens (tertiary/aromatic N) is 1. The van der Waals surface area contributed by atoms with Gasteiger partial charge in [-0.1, -0.05) is 6.92 Å². The maximum Gasteiger partial charge on any atom is 0.279 e. The van der Waals surface area contributed by atoms with Crippen molar-refractivity contribution in [1.82, 2.24) is 14.3 Å². The van der Waals surface area contributed by atoms with E-state index in [1.54, 1.807) is 4.31 Å². The second-order valence-electron chi connectivity index (χ2n) is 6.59. The van der Waals surface area contributed by atoms with Gasteiger partial charge in [-0.05, 0) is 64.5 Å². The van der Waals surface area contributed by atoms with Gasteiger partial charge in [-0.2, -0.15) is 17.4 Å². The summed E-state index contributed by atoms with van der Waals surface area (Å²) in [6.07, 6.45) is 6.26. The summed E-state index contributed by atoms with van der Waals surface area (Å²) in [4.78, 5) is 0. The lowest BCUT2D eigenvalue weighted by Crippen LogP contribution is -2.57. The van der Waals surface area contributed by atoms with Crippen LogP contribution in [0.2, 0.25) is 0 Å². The molecule has 0 radical (unpaired) electrons. The van der Waals surface area contributed by atoms with Crippen LogP contribution in [0.3, 0.4) is 0 Å². The predicted octanol–water partition coefficient (Wildman–Crippen LogP) is 1.48. The molecule has 0 spiro atoms. The fraction of sp³-hybridized carbons (Fsp3) is 1.00. The highest BCUT2D eigenvalue weighted by molar-refractivity contribution is 7.87. The molecule has 1 aliphatic carbocycles. The molecule has 1 atom stereocenters. The molecule has 1 unspecified atom stereocenters. The van der Waals surface area contributed by atoms with Gasteiger partial charge in [0, 0.05) is 18.6 Å². The number of hydrogen-bond acceptors (Lipinski definition) is 3. The third kappa shape index (κ3) is 4.16. The SMILES string of the molecule is CCCNCC1CCCN(S(=O)(=O)NC2(C)CCC2)C1. The summed E-state index contributed by atoms with van der Waals surface area (Å²) in [6.45, 7) is 7.42. The lowest BCUT2D eigenvalue weighted by molar-refractivity contribution is 0.223. The lowest BCUT2D eigenvalue weighted by atomic mass is 9.80. The van der Waals surface area contributed by atoms with Crippen molar-refractivity contribution in [1.29, 1.82) is 0 Å². The minimum atomic E-state index is -3.31. The average Bonchev–Trinajstić information content (AvgIpc) is 2.37. The second-order valence-corrected chi connectivity index (χ2v) is 8.26. The van der Waals surface area contributed by atoms with Crippen LogP contribution in [0.4, 0.5) is 0 Å². The molecule has 1 heterocycles. The lowest BCUT2D eigenvalue weighted by Gasteiger charge is -2.41. The molecular weight excluding hydrogens is 274 g/mol. The number of rotatable bonds is 7. The van der Waals surface area contributed by atoms with Crippen LogP contribution in [0.15, 0.2) is 0 Å². The first-order chi connectivity index (χ1) is 9.45. The average molecular weight is 303 g/mol. The Morgan fingerprint density at radius 2 is 2.05 bits per heavy atom. The van der Waals surface area contributed by atoms with Crippen molar-refractivity contribution in [3.05, 3.63) is 0 Å². The zero-order valence-electron chi connectivity index (χ0n) is 12.8. The number of nitrogens with one attached hydrogen (secondary N) is 2. The molecule has 1 aliphatic heterocycles. The van der Waals surface area contributed by atoms with E-state index in [9.17, 15) is 8.42 Å². The Morgan fingerprint density at radius 3 is 2.65 bits per heavy atom. The van der Waals surface area contributed by atoms with Crippen LogP contribution < -0.4 is 10.0 Å². The van der Waals surface area contributed by atoms with Crippen LogP contribution in [0.25, 0.3) is 0 Å². The topological polar surface area (TPSA) is 61.4 Å². The van der Waals surface area contributed by atoms with Gasteiger partial charge in [-0.15, -0.1) is 0 Å². The van der Waals surface area contributed by atoms with E-state index in [1.807, 2.05) is 6.92 Å². The number of hydrogen-bond donors (Lipinski definition) is 2. The van der Waals surface area contributed by atoms with Crippen molar-refractivity contribution < 1.29 is 8.42 Å². The third-order valence-electron chi connectivity index (χ3n) is 4.51. The maximum atomic E-state index is 12.5. The van der Waals surface area contributed by atoms with Crippen LogP contribution in [0, 0.1) is 5.92 Å². The molecule has 0 aromatic heterocycles. The Hall–Kier alpha value is -0.170. The standard InChI is InChI=1S/C14H29N3O2S/c1-3-9-15-11-13-6-4-10-17(12-13)20(18,19)16-14(2)7-5-8-14/h13,15-16H,3-12H2,1-2H3. The Balaban J connectivity index is 1.87. The van der Waals surface area contributed by atoms with Gasteiger partial charge in [0.1, 0.15) is 0 Å². The molecule has 20 heavy (non-hydrogen) atoms. The van der Waals surface area contributed by atoms with Crippen molar-refractivity contribution in [2.75, 3.05) is 26.2 Å². The first kappa shape index (κ1) is 16.2. The molecule has 118 valence electrons. The minimum Gasteiger partial charge on any atom is -0.316 e. The summed E-state index contributed by atoms with van der Waals surface area (Å²) in [5.74, 6) is 0.445. The van der Waals surface area contributed by atoms with Gasteiger partial charge in [0.05, 0.1) is 0 Å². The van der Waals surface area contributed by atoms with Gasteiger partial charge in [-0.3, -0.25) is 0 Å². The van der Waals surface area contributed by atoms with E-state index in [0.29, 0.717) is 19.0 Å². The molecule has 2 N–H and O–H groups in total. The Bertz CT molecular complexity index is 407. The van der Waals surface area contributed by atoms with Crippen LogP contribution in [0.5, 0.6) is 0 Å². The first-order valence-corrected chi connectivity index (χ1v) is 9.39. The highest BCUT2D eigenvalue weighted by Gasteiger charge is 2.38. The Kier molecular flexibility index (Phi) is 5.45. The molecule has 0 aromatic carbocycles. The fourth-order valence-corrected chi connectivity index (χ4v) is 4.81. The van der Waals surface area contributed by atoms with Crippen molar-refractivity contribution >= 4 is 10.2 Å². The molecule has 2 fully saturated rings. The van der Waals surface area contributed by atoms with E-state index in [2.05, 4.69) is 17.0 Å². The minimum absolute atomic E-state index is 0.202. The summed E-state index contributed by atoms with van der Waals surface area (Å²) in [5, 5.41) is 3.41. The van der Waals surface area contributed by atoms with Crippen molar-refractivity contribution in [3.8, 4) is 0 Å². The van der Waals surface area contributed by atoms with Crippen LogP contribution in [-0.4, -0.2) is 44.4 Å². The summed E-state index contributed by atoms with van der Waals surface area (Å²) in [7, 11) is -3.31. The molecule has 0 amide bonds. The largest absolute Gasteiger partial charge is 0.316 e.